The highest BCUT2D eigenvalue weighted by atomic mass is 16.3. The zero-order valence-electron chi connectivity index (χ0n) is 14.2. The van der Waals surface area contributed by atoms with Gasteiger partial charge in [-0.15, -0.1) is 5.10 Å². The van der Waals surface area contributed by atoms with Gasteiger partial charge < -0.3 is 10.4 Å². The van der Waals surface area contributed by atoms with E-state index in [9.17, 15) is 5.11 Å². The molecule has 3 aromatic heterocycles. The second-order valence-electron chi connectivity index (χ2n) is 6.41. The number of pyridine rings is 1. The number of hydrogen-bond acceptors (Lipinski definition) is 5. The highest BCUT2D eigenvalue weighted by Gasteiger charge is 2.11. The Morgan fingerprint density at radius 3 is 3.00 bits per heavy atom. The third kappa shape index (κ3) is 2.94. The molecule has 3 N–H and O–H groups in total. The standard InChI is InChI=1S/C18H20N6O/c1-11(10-25)8-14-4-3-5-17-20-18(23-24(14)17)19-13-6-7-15-12(2)21-22-16(15)9-13/h3-7,9,11,25H,8,10H2,1-2H3,(H,19,23)(H,21,22)/t11-/m1/s1. The Morgan fingerprint density at radius 2 is 2.16 bits per heavy atom. The van der Waals surface area contributed by atoms with Gasteiger partial charge in [-0.3, -0.25) is 5.10 Å². The summed E-state index contributed by atoms with van der Waals surface area (Å²) in [6.07, 6.45) is 0.746. The quantitative estimate of drug-likeness (QED) is 0.521. The summed E-state index contributed by atoms with van der Waals surface area (Å²) in [5, 5.41) is 25.4. The predicted octanol–water partition coefficient (Wildman–Crippen LogP) is 2.83. The molecular formula is C18H20N6O. The number of rotatable bonds is 5. The lowest BCUT2D eigenvalue weighted by atomic mass is 10.1. The highest BCUT2D eigenvalue weighted by Crippen LogP contribution is 2.22. The fraction of sp³-hybridized carbons (Fsp3) is 0.278. The summed E-state index contributed by atoms with van der Waals surface area (Å²) in [5.74, 6) is 0.719. The van der Waals surface area contributed by atoms with Crippen molar-refractivity contribution in [2.75, 3.05) is 11.9 Å². The summed E-state index contributed by atoms with van der Waals surface area (Å²) < 4.78 is 1.83. The topological polar surface area (TPSA) is 91.1 Å². The van der Waals surface area contributed by atoms with Crippen LogP contribution >= 0.6 is 0 Å². The van der Waals surface area contributed by atoms with E-state index >= 15 is 0 Å². The van der Waals surface area contributed by atoms with Gasteiger partial charge in [0.15, 0.2) is 5.65 Å². The number of aliphatic hydroxyl groups is 1. The summed E-state index contributed by atoms with van der Waals surface area (Å²) >= 11 is 0. The smallest absolute Gasteiger partial charge is 0.247 e. The molecular weight excluding hydrogens is 316 g/mol. The summed E-state index contributed by atoms with van der Waals surface area (Å²) in [6.45, 7) is 4.14. The molecule has 0 saturated heterocycles. The van der Waals surface area contributed by atoms with E-state index in [0.29, 0.717) is 5.95 Å². The van der Waals surface area contributed by atoms with Gasteiger partial charge in [0.2, 0.25) is 5.95 Å². The fourth-order valence-corrected chi connectivity index (χ4v) is 2.95. The average Bonchev–Trinajstić information content (AvgIpc) is 3.18. The number of benzene rings is 1. The van der Waals surface area contributed by atoms with Crippen molar-refractivity contribution < 1.29 is 5.11 Å². The van der Waals surface area contributed by atoms with Crippen LogP contribution < -0.4 is 5.32 Å². The second-order valence-corrected chi connectivity index (χ2v) is 6.41. The SMILES string of the molecule is Cc1n[nH]c2cc(Nc3nc4cccc(C[C@@H](C)CO)n4n3)ccc12. The van der Waals surface area contributed by atoms with E-state index in [4.69, 9.17) is 0 Å². The van der Waals surface area contributed by atoms with E-state index in [0.717, 1.165) is 40.0 Å². The van der Waals surface area contributed by atoms with Crippen LogP contribution in [0.15, 0.2) is 36.4 Å². The largest absolute Gasteiger partial charge is 0.396 e. The molecule has 0 radical (unpaired) electrons. The van der Waals surface area contributed by atoms with Crippen molar-refractivity contribution >= 4 is 28.2 Å². The van der Waals surface area contributed by atoms with Gasteiger partial charge in [0.1, 0.15) is 0 Å². The summed E-state index contributed by atoms with van der Waals surface area (Å²) in [6, 6.07) is 11.9. The molecule has 0 amide bonds. The molecule has 0 spiro atoms. The number of aryl methyl sites for hydroxylation is 1. The van der Waals surface area contributed by atoms with Gasteiger partial charge in [-0.25, -0.2) is 4.52 Å². The molecule has 4 aromatic rings. The van der Waals surface area contributed by atoms with Crippen LogP contribution in [0.25, 0.3) is 16.6 Å². The number of aliphatic hydroxyl groups excluding tert-OH is 1. The number of fused-ring (bicyclic) bond motifs is 2. The maximum absolute atomic E-state index is 9.29. The minimum Gasteiger partial charge on any atom is -0.396 e. The molecule has 3 heterocycles. The Labute approximate surface area is 144 Å². The maximum Gasteiger partial charge on any atom is 0.247 e. The Morgan fingerprint density at radius 1 is 1.28 bits per heavy atom. The Balaban J connectivity index is 1.65. The van der Waals surface area contributed by atoms with E-state index in [1.807, 2.05) is 54.8 Å². The van der Waals surface area contributed by atoms with Crippen LogP contribution in [0, 0.1) is 12.8 Å². The minimum atomic E-state index is 0.153. The van der Waals surface area contributed by atoms with Crippen molar-refractivity contribution in [3.63, 3.8) is 0 Å². The lowest BCUT2D eigenvalue weighted by Gasteiger charge is -2.08. The van der Waals surface area contributed by atoms with Crippen LogP contribution in [0.5, 0.6) is 0 Å². The van der Waals surface area contributed by atoms with Crippen molar-refractivity contribution in [3.8, 4) is 0 Å². The number of anilines is 2. The van der Waals surface area contributed by atoms with Crippen molar-refractivity contribution in [1.82, 2.24) is 24.8 Å². The third-order valence-corrected chi connectivity index (χ3v) is 4.32. The molecule has 0 unspecified atom stereocenters. The van der Waals surface area contributed by atoms with Crippen LogP contribution in [-0.4, -0.2) is 36.5 Å². The molecule has 1 aromatic carbocycles. The molecule has 7 heteroatoms. The monoisotopic (exact) mass is 336 g/mol. The molecule has 25 heavy (non-hydrogen) atoms. The molecule has 128 valence electrons. The van der Waals surface area contributed by atoms with Crippen molar-refractivity contribution in [3.05, 3.63) is 47.8 Å². The van der Waals surface area contributed by atoms with Gasteiger partial charge in [0.25, 0.3) is 0 Å². The molecule has 1 atom stereocenters. The number of nitrogens with one attached hydrogen (secondary N) is 2. The van der Waals surface area contributed by atoms with Crippen molar-refractivity contribution in [1.29, 1.82) is 0 Å². The van der Waals surface area contributed by atoms with Crippen LogP contribution in [-0.2, 0) is 6.42 Å². The van der Waals surface area contributed by atoms with E-state index in [2.05, 4.69) is 25.6 Å². The third-order valence-electron chi connectivity index (χ3n) is 4.32. The number of nitrogens with zero attached hydrogens (tertiary/aromatic N) is 4. The summed E-state index contributed by atoms with van der Waals surface area (Å²) in [5.41, 5.74) is 4.67. The lowest BCUT2D eigenvalue weighted by molar-refractivity contribution is 0.236. The number of aromatic nitrogens is 5. The fourth-order valence-electron chi connectivity index (χ4n) is 2.95. The first-order chi connectivity index (χ1) is 12.1. The van der Waals surface area contributed by atoms with Gasteiger partial charge in [-0.05, 0) is 49.6 Å². The highest BCUT2D eigenvalue weighted by molar-refractivity contribution is 5.84. The van der Waals surface area contributed by atoms with Crippen molar-refractivity contribution in [2.24, 2.45) is 5.92 Å². The Hall–Kier alpha value is -2.93. The van der Waals surface area contributed by atoms with Gasteiger partial charge in [-0.1, -0.05) is 13.0 Å². The molecule has 0 saturated carbocycles. The lowest BCUT2D eigenvalue weighted by Crippen LogP contribution is -2.08. The van der Waals surface area contributed by atoms with E-state index in [-0.39, 0.29) is 12.5 Å². The zero-order valence-corrected chi connectivity index (χ0v) is 14.2. The van der Waals surface area contributed by atoms with Gasteiger partial charge in [-0.2, -0.15) is 10.1 Å². The first kappa shape index (κ1) is 15.6. The maximum atomic E-state index is 9.29. The van der Waals surface area contributed by atoms with E-state index in [1.54, 1.807) is 0 Å². The number of aromatic amines is 1. The predicted molar refractivity (Wildman–Crippen MR) is 97.1 cm³/mol. The van der Waals surface area contributed by atoms with Crippen LogP contribution in [0.1, 0.15) is 18.3 Å². The molecule has 4 rings (SSSR count). The molecule has 7 nitrogen and oxygen atoms in total. The Kier molecular flexibility index (Phi) is 3.85. The summed E-state index contributed by atoms with van der Waals surface area (Å²) in [4.78, 5) is 4.54. The van der Waals surface area contributed by atoms with Crippen LogP contribution in [0.4, 0.5) is 11.6 Å². The van der Waals surface area contributed by atoms with Gasteiger partial charge in [0, 0.05) is 23.4 Å². The first-order valence-electron chi connectivity index (χ1n) is 8.31. The molecule has 0 aliphatic rings. The molecule has 0 fully saturated rings. The van der Waals surface area contributed by atoms with Crippen LogP contribution in [0.3, 0.4) is 0 Å². The zero-order chi connectivity index (χ0) is 17.4. The average molecular weight is 336 g/mol. The second kappa shape index (κ2) is 6.18. The minimum absolute atomic E-state index is 0.153. The molecule has 0 aliphatic heterocycles. The Bertz CT molecular complexity index is 1030. The normalized spacial score (nSPS) is 12.8. The van der Waals surface area contributed by atoms with Gasteiger partial charge >= 0.3 is 0 Å². The van der Waals surface area contributed by atoms with E-state index < -0.39 is 0 Å². The van der Waals surface area contributed by atoms with E-state index in [1.165, 1.54) is 0 Å². The van der Waals surface area contributed by atoms with Crippen LogP contribution in [0.2, 0.25) is 0 Å². The first-order valence-corrected chi connectivity index (χ1v) is 8.31. The van der Waals surface area contributed by atoms with Gasteiger partial charge in [0.05, 0.1) is 11.2 Å². The number of hydrogen-bond donors (Lipinski definition) is 3. The summed E-state index contributed by atoms with van der Waals surface area (Å²) in [7, 11) is 0. The number of H-pyrrole nitrogens is 1. The molecule has 0 bridgehead atoms. The van der Waals surface area contributed by atoms with Crippen molar-refractivity contribution in [2.45, 2.75) is 20.3 Å². The molecule has 0 aliphatic carbocycles.